The molecule has 0 aromatic carbocycles. The van der Waals surface area contributed by atoms with Gasteiger partial charge in [0.05, 0.1) is 12.0 Å². The molecule has 3 rings (SSSR count). The predicted molar refractivity (Wildman–Crippen MR) is 63.2 cm³/mol. The van der Waals surface area contributed by atoms with Crippen molar-refractivity contribution in [1.82, 2.24) is 19.8 Å². The Morgan fingerprint density at radius 3 is 3.12 bits per heavy atom. The number of imidazole rings is 1. The van der Waals surface area contributed by atoms with E-state index in [4.69, 9.17) is 0 Å². The van der Waals surface area contributed by atoms with Crippen molar-refractivity contribution < 1.29 is 0 Å². The van der Waals surface area contributed by atoms with Crippen LogP contribution < -0.4 is 5.32 Å². The highest BCUT2D eigenvalue weighted by Crippen LogP contribution is 2.35. The summed E-state index contributed by atoms with van der Waals surface area (Å²) in [6.07, 6.45) is 6.70. The second-order valence-electron chi connectivity index (χ2n) is 5.11. The Balaban J connectivity index is 1.66. The number of aromatic nitrogens is 2. The van der Waals surface area contributed by atoms with Gasteiger partial charge in [-0.3, -0.25) is 4.90 Å². The van der Waals surface area contributed by atoms with Crippen molar-refractivity contribution in [3.05, 3.63) is 18.2 Å². The Hall–Kier alpha value is -0.870. The molecule has 4 nitrogen and oxygen atoms in total. The summed E-state index contributed by atoms with van der Waals surface area (Å²) in [5.74, 6) is 0. The standard InChI is InChI=1S/C12H20N4/c1-10-7-15(5-4-14-10)8-12-6-13-9-16(12)11-2-3-11/h6,9-11,14H,2-5,7-8H2,1H3/t10-/m1/s1. The van der Waals surface area contributed by atoms with Crippen molar-refractivity contribution in [1.29, 1.82) is 0 Å². The lowest BCUT2D eigenvalue weighted by Crippen LogP contribution is -2.48. The minimum atomic E-state index is 0.617. The van der Waals surface area contributed by atoms with Crippen molar-refractivity contribution in [2.75, 3.05) is 19.6 Å². The largest absolute Gasteiger partial charge is 0.330 e. The van der Waals surface area contributed by atoms with Gasteiger partial charge in [0.2, 0.25) is 0 Å². The van der Waals surface area contributed by atoms with Gasteiger partial charge in [-0.15, -0.1) is 0 Å². The Labute approximate surface area is 96.7 Å². The van der Waals surface area contributed by atoms with Gasteiger partial charge in [-0.25, -0.2) is 4.98 Å². The van der Waals surface area contributed by atoms with Crippen LogP contribution in [0.25, 0.3) is 0 Å². The normalized spacial score (nSPS) is 27.2. The van der Waals surface area contributed by atoms with E-state index in [1.165, 1.54) is 18.5 Å². The molecule has 1 atom stereocenters. The van der Waals surface area contributed by atoms with Crippen LogP contribution in [0.1, 0.15) is 31.5 Å². The number of hydrogen-bond acceptors (Lipinski definition) is 3. The number of rotatable bonds is 3. The number of nitrogens with one attached hydrogen (secondary N) is 1. The van der Waals surface area contributed by atoms with E-state index >= 15 is 0 Å². The summed E-state index contributed by atoms with van der Waals surface area (Å²) in [5.41, 5.74) is 1.39. The molecular weight excluding hydrogens is 200 g/mol. The Kier molecular flexibility index (Phi) is 2.69. The lowest BCUT2D eigenvalue weighted by atomic mass is 10.2. The fourth-order valence-electron chi connectivity index (χ4n) is 2.52. The van der Waals surface area contributed by atoms with E-state index in [-0.39, 0.29) is 0 Å². The maximum Gasteiger partial charge on any atom is 0.0951 e. The summed E-state index contributed by atoms with van der Waals surface area (Å²) in [7, 11) is 0. The smallest absolute Gasteiger partial charge is 0.0951 e. The summed E-state index contributed by atoms with van der Waals surface area (Å²) in [5, 5.41) is 3.48. The first-order valence-corrected chi connectivity index (χ1v) is 6.29. The summed E-state index contributed by atoms with van der Waals surface area (Å²) in [6, 6.07) is 1.36. The third kappa shape index (κ3) is 2.13. The van der Waals surface area contributed by atoms with Crippen LogP contribution in [0.15, 0.2) is 12.5 Å². The lowest BCUT2D eigenvalue weighted by Gasteiger charge is -2.31. The molecule has 0 bridgehead atoms. The van der Waals surface area contributed by atoms with Gasteiger partial charge >= 0.3 is 0 Å². The number of hydrogen-bond donors (Lipinski definition) is 1. The average Bonchev–Trinajstić information content (AvgIpc) is 3.00. The fraction of sp³-hybridized carbons (Fsp3) is 0.750. The molecule has 2 heterocycles. The van der Waals surface area contributed by atoms with Crippen LogP contribution in [0, 0.1) is 0 Å². The zero-order valence-electron chi connectivity index (χ0n) is 9.89. The molecule has 0 unspecified atom stereocenters. The second kappa shape index (κ2) is 4.18. The zero-order chi connectivity index (χ0) is 11.0. The van der Waals surface area contributed by atoms with Gasteiger partial charge in [0.1, 0.15) is 0 Å². The van der Waals surface area contributed by atoms with E-state index in [0.29, 0.717) is 6.04 Å². The third-order valence-electron chi connectivity index (χ3n) is 3.53. The second-order valence-corrected chi connectivity index (χ2v) is 5.11. The zero-order valence-corrected chi connectivity index (χ0v) is 9.89. The van der Waals surface area contributed by atoms with E-state index in [2.05, 4.69) is 26.7 Å². The topological polar surface area (TPSA) is 33.1 Å². The van der Waals surface area contributed by atoms with Crippen LogP contribution in [0.4, 0.5) is 0 Å². The molecular formula is C12H20N4. The molecule has 2 aliphatic rings. The van der Waals surface area contributed by atoms with Crippen molar-refractivity contribution in [2.45, 2.75) is 38.4 Å². The first kappa shape index (κ1) is 10.3. The highest BCUT2D eigenvalue weighted by Gasteiger charge is 2.26. The maximum atomic E-state index is 4.29. The van der Waals surface area contributed by atoms with Gasteiger partial charge in [-0.05, 0) is 19.8 Å². The molecule has 1 aliphatic heterocycles. The Morgan fingerprint density at radius 1 is 1.50 bits per heavy atom. The minimum Gasteiger partial charge on any atom is -0.330 e. The summed E-state index contributed by atoms with van der Waals surface area (Å²) >= 11 is 0. The monoisotopic (exact) mass is 220 g/mol. The van der Waals surface area contributed by atoms with Crippen molar-refractivity contribution >= 4 is 0 Å². The molecule has 1 saturated heterocycles. The molecule has 0 radical (unpaired) electrons. The molecule has 88 valence electrons. The van der Waals surface area contributed by atoms with E-state index in [9.17, 15) is 0 Å². The molecule has 1 aromatic rings. The van der Waals surface area contributed by atoms with Gasteiger partial charge in [0.25, 0.3) is 0 Å². The van der Waals surface area contributed by atoms with Crippen LogP contribution in [-0.2, 0) is 6.54 Å². The molecule has 0 spiro atoms. The minimum absolute atomic E-state index is 0.617. The lowest BCUT2D eigenvalue weighted by molar-refractivity contribution is 0.195. The van der Waals surface area contributed by atoms with Gasteiger partial charge in [-0.2, -0.15) is 0 Å². The Morgan fingerprint density at radius 2 is 2.38 bits per heavy atom. The van der Waals surface area contributed by atoms with Gasteiger partial charge in [0, 0.05) is 44.5 Å². The molecule has 1 N–H and O–H groups in total. The maximum absolute atomic E-state index is 4.29. The molecule has 1 aliphatic carbocycles. The van der Waals surface area contributed by atoms with Crippen LogP contribution in [0.3, 0.4) is 0 Å². The van der Waals surface area contributed by atoms with Gasteiger partial charge in [-0.1, -0.05) is 0 Å². The third-order valence-corrected chi connectivity index (χ3v) is 3.53. The first-order chi connectivity index (χ1) is 7.83. The van der Waals surface area contributed by atoms with Crippen LogP contribution >= 0.6 is 0 Å². The van der Waals surface area contributed by atoms with Crippen molar-refractivity contribution in [3.8, 4) is 0 Å². The van der Waals surface area contributed by atoms with Crippen LogP contribution in [0.5, 0.6) is 0 Å². The number of nitrogens with zero attached hydrogens (tertiary/aromatic N) is 3. The van der Waals surface area contributed by atoms with E-state index in [1.54, 1.807) is 0 Å². The molecule has 4 heteroatoms. The first-order valence-electron chi connectivity index (χ1n) is 6.29. The predicted octanol–water partition coefficient (Wildman–Crippen LogP) is 1.01. The Bertz CT molecular complexity index is 356. The summed E-state index contributed by atoms with van der Waals surface area (Å²) in [4.78, 5) is 6.81. The average molecular weight is 220 g/mol. The SMILES string of the molecule is C[C@@H]1CN(Cc2cncn2C2CC2)CCN1. The molecule has 16 heavy (non-hydrogen) atoms. The molecule has 0 amide bonds. The summed E-state index contributed by atoms with van der Waals surface area (Å²) < 4.78 is 2.37. The fourth-order valence-corrected chi connectivity index (χ4v) is 2.52. The molecule has 1 aromatic heterocycles. The molecule has 2 fully saturated rings. The van der Waals surface area contributed by atoms with Crippen molar-refractivity contribution in [3.63, 3.8) is 0 Å². The van der Waals surface area contributed by atoms with Gasteiger partial charge < -0.3 is 9.88 Å². The number of piperazine rings is 1. The van der Waals surface area contributed by atoms with E-state index in [0.717, 1.165) is 32.2 Å². The quantitative estimate of drug-likeness (QED) is 0.825. The summed E-state index contributed by atoms with van der Waals surface area (Å²) in [6.45, 7) is 6.72. The van der Waals surface area contributed by atoms with Crippen LogP contribution in [-0.4, -0.2) is 40.1 Å². The van der Waals surface area contributed by atoms with Crippen molar-refractivity contribution in [2.24, 2.45) is 0 Å². The highest BCUT2D eigenvalue weighted by molar-refractivity contribution is 5.03. The van der Waals surface area contributed by atoms with E-state index < -0.39 is 0 Å². The highest BCUT2D eigenvalue weighted by atomic mass is 15.2. The van der Waals surface area contributed by atoms with Gasteiger partial charge in [0.15, 0.2) is 0 Å². The van der Waals surface area contributed by atoms with E-state index in [1.807, 2.05) is 12.5 Å². The molecule has 1 saturated carbocycles. The van der Waals surface area contributed by atoms with Crippen LogP contribution in [0.2, 0.25) is 0 Å².